The Hall–Kier alpha value is -1.44. The van der Waals surface area contributed by atoms with E-state index in [1.54, 1.807) is 6.07 Å². The number of halogens is 1. The summed E-state index contributed by atoms with van der Waals surface area (Å²) in [5.74, 6) is -0.365. The van der Waals surface area contributed by atoms with Crippen LogP contribution in [0.4, 0.5) is 4.39 Å². The predicted octanol–water partition coefficient (Wildman–Crippen LogP) is 2.40. The van der Waals surface area contributed by atoms with Gasteiger partial charge in [-0.2, -0.15) is 5.26 Å². The van der Waals surface area contributed by atoms with Crippen LogP contribution >= 0.6 is 11.3 Å². The van der Waals surface area contributed by atoms with Crippen molar-refractivity contribution < 1.29 is 9.50 Å². The SMILES string of the molecule is N#Cc1c(CO)sc2ccc(F)cc12. The van der Waals surface area contributed by atoms with E-state index in [1.807, 2.05) is 6.07 Å². The minimum atomic E-state index is -0.365. The number of nitrogens with zero attached hydrogens (tertiary/aromatic N) is 1. The monoisotopic (exact) mass is 207 g/mol. The van der Waals surface area contributed by atoms with Gasteiger partial charge in [-0.15, -0.1) is 11.3 Å². The molecular formula is C10H6FNOS. The first-order chi connectivity index (χ1) is 6.76. The third-order valence-electron chi connectivity index (χ3n) is 1.98. The number of aliphatic hydroxyl groups excluding tert-OH is 1. The molecule has 0 fully saturated rings. The second-order valence-corrected chi connectivity index (χ2v) is 3.95. The number of thiophene rings is 1. The van der Waals surface area contributed by atoms with Gasteiger partial charge in [-0.1, -0.05) is 0 Å². The zero-order valence-corrected chi connectivity index (χ0v) is 7.94. The summed E-state index contributed by atoms with van der Waals surface area (Å²) in [5, 5.41) is 18.4. The van der Waals surface area contributed by atoms with Crippen molar-refractivity contribution in [3.8, 4) is 6.07 Å². The molecule has 2 aromatic rings. The van der Waals surface area contributed by atoms with Gasteiger partial charge < -0.3 is 5.11 Å². The molecule has 4 heteroatoms. The summed E-state index contributed by atoms with van der Waals surface area (Å²) in [6.07, 6.45) is 0. The quantitative estimate of drug-likeness (QED) is 0.780. The van der Waals surface area contributed by atoms with Crippen LogP contribution in [0.2, 0.25) is 0 Å². The average molecular weight is 207 g/mol. The Labute approximate surface area is 83.8 Å². The third-order valence-corrected chi connectivity index (χ3v) is 3.13. The molecule has 2 rings (SSSR count). The maximum Gasteiger partial charge on any atom is 0.123 e. The summed E-state index contributed by atoms with van der Waals surface area (Å²) in [6.45, 7) is -0.177. The van der Waals surface area contributed by atoms with E-state index in [0.29, 0.717) is 15.8 Å². The molecule has 0 aliphatic heterocycles. The maximum atomic E-state index is 12.9. The molecule has 0 aliphatic rings. The van der Waals surface area contributed by atoms with Gasteiger partial charge in [0.2, 0.25) is 0 Å². The van der Waals surface area contributed by atoms with Crippen molar-refractivity contribution in [2.75, 3.05) is 0 Å². The number of rotatable bonds is 1. The van der Waals surface area contributed by atoms with Crippen LogP contribution in [-0.4, -0.2) is 5.11 Å². The first-order valence-electron chi connectivity index (χ1n) is 3.98. The minimum absolute atomic E-state index is 0.177. The van der Waals surface area contributed by atoms with Crippen LogP contribution in [0.1, 0.15) is 10.4 Å². The van der Waals surface area contributed by atoms with E-state index in [2.05, 4.69) is 0 Å². The smallest absolute Gasteiger partial charge is 0.123 e. The Morgan fingerprint density at radius 1 is 1.50 bits per heavy atom. The van der Waals surface area contributed by atoms with Crippen LogP contribution in [0, 0.1) is 17.1 Å². The van der Waals surface area contributed by atoms with Crippen LogP contribution in [-0.2, 0) is 6.61 Å². The zero-order valence-electron chi connectivity index (χ0n) is 7.12. The molecule has 1 heterocycles. The molecule has 2 nitrogen and oxygen atoms in total. The Kier molecular flexibility index (Phi) is 2.20. The molecule has 0 saturated heterocycles. The van der Waals surface area contributed by atoms with Gasteiger partial charge in [0.05, 0.1) is 12.2 Å². The molecule has 0 bridgehead atoms. The summed E-state index contributed by atoms with van der Waals surface area (Å²) >= 11 is 1.32. The highest BCUT2D eigenvalue weighted by Gasteiger charge is 2.11. The summed E-state index contributed by atoms with van der Waals surface area (Å²) in [4.78, 5) is 0.591. The van der Waals surface area contributed by atoms with Gasteiger partial charge in [0, 0.05) is 15.0 Å². The summed E-state index contributed by atoms with van der Waals surface area (Å²) in [5.41, 5.74) is 0.381. The van der Waals surface area contributed by atoms with Crippen LogP contribution in [0.5, 0.6) is 0 Å². The van der Waals surface area contributed by atoms with Gasteiger partial charge in [0.1, 0.15) is 11.9 Å². The van der Waals surface area contributed by atoms with Crippen LogP contribution in [0.25, 0.3) is 10.1 Å². The third kappa shape index (κ3) is 1.27. The zero-order chi connectivity index (χ0) is 10.1. The fraction of sp³-hybridized carbons (Fsp3) is 0.100. The van der Waals surface area contributed by atoms with E-state index in [9.17, 15) is 4.39 Å². The predicted molar refractivity (Wildman–Crippen MR) is 52.4 cm³/mol. The lowest BCUT2D eigenvalue weighted by atomic mass is 10.1. The number of hydrogen-bond acceptors (Lipinski definition) is 3. The van der Waals surface area contributed by atoms with Crippen molar-refractivity contribution in [1.82, 2.24) is 0 Å². The summed E-state index contributed by atoms with van der Waals surface area (Å²) < 4.78 is 13.7. The van der Waals surface area contributed by atoms with Crippen molar-refractivity contribution in [3.05, 3.63) is 34.5 Å². The number of benzene rings is 1. The molecule has 0 saturated carbocycles. The van der Waals surface area contributed by atoms with Gasteiger partial charge >= 0.3 is 0 Å². The number of aliphatic hydroxyl groups is 1. The summed E-state index contributed by atoms with van der Waals surface area (Å²) in [7, 11) is 0. The maximum absolute atomic E-state index is 12.9. The molecule has 0 spiro atoms. The highest BCUT2D eigenvalue weighted by Crippen LogP contribution is 2.31. The molecule has 0 amide bonds. The number of fused-ring (bicyclic) bond motifs is 1. The van der Waals surface area contributed by atoms with Gasteiger partial charge in [0.25, 0.3) is 0 Å². The average Bonchev–Trinajstić information content (AvgIpc) is 2.54. The van der Waals surface area contributed by atoms with E-state index in [4.69, 9.17) is 10.4 Å². The molecule has 0 unspecified atom stereocenters. The van der Waals surface area contributed by atoms with Gasteiger partial charge in [-0.05, 0) is 18.2 Å². The van der Waals surface area contributed by atoms with E-state index < -0.39 is 0 Å². The molecule has 1 aromatic carbocycles. The Morgan fingerprint density at radius 2 is 2.29 bits per heavy atom. The molecule has 1 aromatic heterocycles. The Balaban J connectivity index is 2.83. The molecule has 0 aliphatic carbocycles. The lowest BCUT2D eigenvalue weighted by Crippen LogP contribution is -1.81. The summed E-state index contributed by atoms with van der Waals surface area (Å²) in [6, 6.07) is 6.27. The fourth-order valence-electron chi connectivity index (χ4n) is 1.35. The Morgan fingerprint density at radius 3 is 2.93 bits per heavy atom. The first kappa shape index (κ1) is 9.13. The van der Waals surface area contributed by atoms with E-state index in [1.165, 1.54) is 23.5 Å². The fourth-order valence-corrected chi connectivity index (χ4v) is 2.35. The lowest BCUT2D eigenvalue weighted by molar-refractivity contribution is 0.285. The number of hydrogen-bond donors (Lipinski definition) is 1. The van der Waals surface area contributed by atoms with E-state index in [-0.39, 0.29) is 12.4 Å². The number of nitriles is 1. The van der Waals surface area contributed by atoms with Crippen molar-refractivity contribution in [2.45, 2.75) is 6.61 Å². The van der Waals surface area contributed by atoms with E-state index in [0.717, 1.165) is 4.70 Å². The molecular weight excluding hydrogens is 201 g/mol. The van der Waals surface area contributed by atoms with Crippen molar-refractivity contribution in [3.63, 3.8) is 0 Å². The van der Waals surface area contributed by atoms with Gasteiger partial charge in [-0.3, -0.25) is 0 Å². The van der Waals surface area contributed by atoms with Crippen molar-refractivity contribution in [1.29, 1.82) is 5.26 Å². The molecule has 70 valence electrons. The van der Waals surface area contributed by atoms with Crippen LogP contribution in [0.15, 0.2) is 18.2 Å². The van der Waals surface area contributed by atoms with Gasteiger partial charge in [0.15, 0.2) is 0 Å². The van der Waals surface area contributed by atoms with E-state index >= 15 is 0 Å². The van der Waals surface area contributed by atoms with Crippen LogP contribution < -0.4 is 0 Å². The largest absolute Gasteiger partial charge is 0.391 e. The van der Waals surface area contributed by atoms with Gasteiger partial charge in [-0.25, -0.2) is 4.39 Å². The highest BCUT2D eigenvalue weighted by atomic mass is 32.1. The lowest BCUT2D eigenvalue weighted by Gasteiger charge is -1.90. The molecule has 0 atom stereocenters. The topological polar surface area (TPSA) is 44.0 Å². The second kappa shape index (κ2) is 3.37. The molecule has 0 radical (unpaired) electrons. The standard InChI is InChI=1S/C10H6FNOS/c11-6-1-2-9-7(3-6)8(4-12)10(5-13)14-9/h1-3,13H,5H2. The Bertz CT molecular complexity index is 527. The minimum Gasteiger partial charge on any atom is -0.391 e. The molecule has 1 N–H and O–H groups in total. The second-order valence-electron chi connectivity index (χ2n) is 2.81. The normalized spacial score (nSPS) is 10.4. The highest BCUT2D eigenvalue weighted by molar-refractivity contribution is 7.19. The molecule has 14 heavy (non-hydrogen) atoms. The van der Waals surface area contributed by atoms with Crippen molar-refractivity contribution in [2.24, 2.45) is 0 Å². The van der Waals surface area contributed by atoms with Crippen molar-refractivity contribution >= 4 is 21.4 Å². The first-order valence-corrected chi connectivity index (χ1v) is 4.80. The van der Waals surface area contributed by atoms with Crippen LogP contribution in [0.3, 0.4) is 0 Å².